The molecule has 0 aliphatic heterocycles. The Morgan fingerprint density at radius 1 is 0.672 bits per heavy atom. The van der Waals surface area contributed by atoms with Gasteiger partial charge in [-0.05, 0) is 78.6 Å². The van der Waals surface area contributed by atoms with Gasteiger partial charge in [0.1, 0.15) is 5.82 Å². The van der Waals surface area contributed by atoms with E-state index in [0.29, 0.717) is 18.2 Å². The number of anilines is 3. The first-order chi connectivity index (χ1) is 35.3. The average molecular weight is 1180 g/mol. The van der Waals surface area contributed by atoms with Gasteiger partial charge < -0.3 is 16.0 Å². The molecule has 0 amide bonds. The summed E-state index contributed by atoms with van der Waals surface area (Å²) in [6.07, 6.45) is 9.14. The van der Waals surface area contributed by atoms with Crippen molar-refractivity contribution in [2.75, 3.05) is 77.9 Å². The zero-order chi connectivity index (χ0) is 61.0. The number of nitrogens with zero attached hydrogens (tertiary/aromatic N) is 8. The fraction of sp³-hybridized carbons (Fsp3) is 0.735. The van der Waals surface area contributed by atoms with Crippen LogP contribution in [0.15, 0.2) is 0 Å². The molecule has 0 bridgehead atoms. The van der Waals surface area contributed by atoms with Crippen LogP contribution in [0.25, 0.3) is 0 Å². The number of aromatic nitrogens is 6. The Morgan fingerprint density at radius 2 is 1.12 bits per heavy atom. The van der Waals surface area contributed by atoms with Crippen molar-refractivity contribution in [1.29, 1.82) is 0 Å². The first-order valence-electron chi connectivity index (χ1n) is 27.5. The molecule has 3 heterocycles. The van der Waals surface area contributed by atoms with Gasteiger partial charge in [0.25, 0.3) is 9.24 Å². The minimum atomic E-state index is -3.53. The van der Waals surface area contributed by atoms with E-state index in [1.807, 2.05) is 13.8 Å². The van der Waals surface area contributed by atoms with Crippen LogP contribution in [0.2, 0.25) is 0 Å². The number of nitrogens with one attached hydrogen (secondary N) is 4. The molecule has 58 heavy (non-hydrogen) atoms. The number of rotatable bonds is 11. The van der Waals surface area contributed by atoms with Crippen LogP contribution in [-0.4, -0.2) is 149 Å². The van der Waals surface area contributed by atoms with Crippen LogP contribution in [-0.2, 0) is 68.2 Å². The van der Waals surface area contributed by atoms with Gasteiger partial charge in [0, 0.05) is 126 Å². The van der Waals surface area contributed by atoms with Crippen molar-refractivity contribution >= 4 is 96.1 Å². The van der Waals surface area contributed by atoms with Crippen molar-refractivity contribution < 1.29 is 56.4 Å². The Hall–Kier alpha value is -1.35. The molecule has 6 rings (SSSR count). The standard InChI is InChI=1S/2C10H18N4O2S.C8H13N3.C2H6ClNO2S.4CH4.HI.In.11H2/c1-4-11-10-8-6-5-7-9(8)14(12-10)17(15,16)13(2)3;1-4-11-10-8-6-5-7-9(8)12-14(10)17(15,16)13(2)3;1-2-9-8-6-4-3-5-7(6)10-11-8;1-4(2)7(3,5)6;;;;;;;;;;;;;;;;;/h4-7H2,1-3H3,(H,11,12);11H,4-7H2,1-3H3;2-5H2,1H3,(H2,9,10,11);1-2H3;4*1H4;1H;;11*1H/q;;;;;;;;;+1;;;;;;;;;;;/p-1/i;;;;;;;;;;10*1+2T;1+2. The molecule has 3 aliphatic carbocycles. The Morgan fingerprint density at radius 3 is 1.62 bits per heavy atom. The Kier molecular flexibility index (Phi) is 20.6. The Labute approximate surface area is 412 Å². The zero-order valence-electron chi connectivity index (χ0n) is 52.6. The fourth-order valence-corrected chi connectivity index (χ4v) is 7.62. The normalized spacial score (nSPS) is 14.8. The number of hydrogen-bond acceptors (Lipinski definition) is 12. The molecule has 0 atom stereocenters. The zero-order valence-corrected chi connectivity index (χ0v) is 41.2. The van der Waals surface area contributed by atoms with Gasteiger partial charge in [-0.1, -0.05) is 29.7 Å². The van der Waals surface area contributed by atoms with E-state index in [2.05, 4.69) is 61.4 Å². The van der Waals surface area contributed by atoms with Gasteiger partial charge in [-0.15, -0.1) is 13.3 Å². The van der Waals surface area contributed by atoms with Crippen LogP contribution in [0, 0.1) is 0 Å². The van der Waals surface area contributed by atoms with Gasteiger partial charge in [-0.25, -0.2) is 0 Å². The third-order valence-electron chi connectivity index (χ3n) is 8.41. The summed E-state index contributed by atoms with van der Waals surface area (Å²) in [6.45, 7) is 8.39. The van der Waals surface area contributed by atoms with Crippen LogP contribution in [0.3, 0.4) is 0 Å². The summed E-state index contributed by atoms with van der Waals surface area (Å²) in [6, 6.07) is 0. The molecule has 4 N–H and O–H groups in total. The monoisotopic (exact) mass is 1180 g/mol. The molecule has 3 aromatic heterocycles. The van der Waals surface area contributed by atoms with Gasteiger partial charge in [0.15, 0.2) is 11.6 Å². The number of halogens is 2. The molecule has 0 unspecified atom stereocenters. The first-order valence-corrected chi connectivity index (χ1v) is 32.2. The van der Waals surface area contributed by atoms with Crippen molar-refractivity contribution in [3.05, 3.63) is 33.8 Å². The third-order valence-corrected chi connectivity index (χ3v) is 13.4. The molecule has 0 saturated carbocycles. The van der Waals surface area contributed by atoms with E-state index in [1.165, 1.54) is 106 Å². The molecule has 2 radical (unpaired) electrons. The predicted molar refractivity (Wildman–Crippen MR) is 276 cm³/mol. The predicted octanol–water partition coefficient (Wildman–Crippen LogP) is 8.03. The van der Waals surface area contributed by atoms with E-state index < -0.39 is 29.7 Å². The van der Waals surface area contributed by atoms with Crippen molar-refractivity contribution in [1.82, 2.24) is 41.5 Å². The molecule has 3 aromatic rings. The van der Waals surface area contributed by atoms with Crippen LogP contribution >= 0.6 is 28.8 Å². The van der Waals surface area contributed by atoms with E-state index in [9.17, 15) is 25.3 Å². The van der Waals surface area contributed by atoms with E-state index in [0.717, 1.165) is 88.3 Å². The summed E-state index contributed by atoms with van der Waals surface area (Å²) in [5.41, 5.74) is 6.59. The summed E-state index contributed by atoms with van der Waals surface area (Å²) in [5.74, 6) is 2.42. The van der Waals surface area contributed by atoms with Crippen LogP contribution in [0.5, 0.6) is 0 Å². The quantitative estimate of drug-likeness (QED) is 0.106. The maximum absolute atomic E-state index is 12.1. The molecule has 24 heteroatoms. The molecule has 3 aliphatic rings. The number of fused-ring (bicyclic) bond motifs is 3. The van der Waals surface area contributed by atoms with E-state index >= 15 is 0 Å². The second kappa shape index (κ2) is 27.6. The van der Waals surface area contributed by atoms with Crippen molar-refractivity contribution in [2.24, 2.45) is 0 Å². The van der Waals surface area contributed by atoms with E-state index in [4.69, 9.17) is 40.4 Å². The Bertz CT molecular complexity index is 2050. The van der Waals surface area contributed by atoms with Crippen molar-refractivity contribution in [3.8, 4) is 0 Å². The molecule has 0 saturated heterocycles. The molecule has 0 spiro atoms. The fourth-order valence-electron chi connectivity index (χ4n) is 5.73. The summed E-state index contributed by atoms with van der Waals surface area (Å²) in [7, 11) is 3.09. The molecular weight excluding hydrogens is 1050 g/mol. The van der Waals surface area contributed by atoms with Gasteiger partial charge in [-0.3, -0.25) is 5.10 Å². The third kappa shape index (κ3) is 15.5. The number of hydrogen-bond donors (Lipinski definition) is 4. The van der Waals surface area contributed by atoms with Gasteiger partial charge in [-0.2, -0.15) is 48.4 Å². The van der Waals surface area contributed by atoms with E-state index in [-0.39, 0.29) is 31.1 Å². The second-order valence-corrected chi connectivity index (χ2v) is 19.4. The van der Waals surface area contributed by atoms with Crippen molar-refractivity contribution in [3.63, 3.8) is 0 Å². The summed E-state index contributed by atoms with van der Waals surface area (Å²) in [5, 5.41) is 25.1. The van der Waals surface area contributed by atoms with Crippen molar-refractivity contribution in [2.45, 2.75) is 108 Å². The van der Waals surface area contributed by atoms with Crippen LogP contribution in [0.4, 0.5) is 17.5 Å². The van der Waals surface area contributed by atoms with Gasteiger partial charge in [0.05, 0.1) is 11.4 Å². The SMILES string of the molecule is C.C.C.C.CCNc1c2c(nn1S(=O)(=O)N(C)C)CCC2.CCNc1n[nH]c2c1CCC2.CCNc1nn(S(=O)(=O)N(C)C)c2c1CCC2.CN(C)S(=O)(=O)Cl.[3HH].[3H][3H].[3H][3H].[3H][3H].[3H][3H].[3H][3H].[3H][3H].[3H][3H].[3H][3H].[3H][3H].[3H][3H].[In][I]. The van der Waals surface area contributed by atoms with E-state index in [1.54, 1.807) is 0 Å². The second-order valence-electron chi connectivity index (χ2n) is 12.7. The maximum atomic E-state index is 12.1. The molecule has 18 nitrogen and oxygen atoms in total. The summed E-state index contributed by atoms with van der Waals surface area (Å²) >= 11 is 3.60. The number of H-pyrrole nitrogens is 1. The summed E-state index contributed by atoms with van der Waals surface area (Å²) < 4.78 is 174. The summed E-state index contributed by atoms with van der Waals surface area (Å²) in [4.78, 5) is 0. The minimum absolute atomic E-state index is 0. The van der Waals surface area contributed by atoms with Gasteiger partial charge >= 0.3 is 58.8 Å². The topological polar surface area (TPSA) is 213 Å². The molecule has 0 aromatic carbocycles. The number of aromatic amines is 1. The Balaban J connectivity index is -0.0000000533. The molecule has 0 fully saturated rings. The van der Waals surface area contributed by atoms with Crippen LogP contribution in [0.1, 0.15) is 135 Å². The number of aryl methyl sites for hydroxylation is 2. The average Bonchev–Trinajstić information content (AvgIpc) is 4.32. The molecule has 360 valence electrons. The van der Waals surface area contributed by atoms with Gasteiger partial charge in [0.2, 0.25) is 0 Å². The first kappa shape index (κ1) is 43.3. The molecular formula is C34H93ClIInN12O6S3. The van der Waals surface area contributed by atoms with Crippen LogP contribution < -0.4 is 16.0 Å².